The van der Waals surface area contributed by atoms with Gasteiger partial charge < -0.3 is 15.2 Å². The van der Waals surface area contributed by atoms with Crippen molar-refractivity contribution in [3.8, 4) is 0 Å². The number of aromatic nitrogens is 1. The largest absolute Gasteiger partial charge is 0.481 e. The number of likely N-dealkylation sites (tertiary alicyclic amines) is 2. The highest BCUT2D eigenvalue weighted by atomic mass is 35.5. The SMILES string of the molecule is COC(=O)C1=C(CN2CC(F)(F)[C@H]3[C@@H]2CCN3C[C@@H](C)C(=O)O)NC(c2nccs2)=N[C@H]1c1ccc(F)c(F)c1Cl. The number of halogens is 5. The highest BCUT2D eigenvalue weighted by Crippen LogP contribution is 2.43. The van der Waals surface area contributed by atoms with Crippen LogP contribution in [-0.2, 0) is 14.3 Å². The average Bonchev–Trinajstić information content (AvgIpc) is 3.66. The van der Waals surface area contributed by atoms with Gasteiger partial charge in [0.05, 0.1) is 36.2 Å². The van der Waals surface area contributed by atoms with E-state index < -0.39 is 65.1 Å². The summed E-state index contributed by atoms with van der Waals surface area (Å²) in [4.78, 5) is 36.4. The third-order valence-corrected chi connectivity index (χ3v) is 8.77. The number of hydrogen-bond donors (Lipinski definition) is 2. The number of alkyl halides is 2. The van der Waals surface area contributed by atoms with Gasteiger partial charge in [-0.25, -0.2) is 27.3 Å². The van der Waals surface area contributed by atoms with Crippen molar-refractivity contribution in [1.29, 1.82) is 0 Å². The minimum atomic E-state index is -3.16. The van der Waals surface area contributed by atoms with Crippen LogP contribution in [0.2, 0.25) is 5.02 Å². The Morgan fingerprint density at radius 3 is 2.73 bits per heavy atom. The molecule has 5 rings (SSSR count). The lowest BCUT2D eigenvalue weighted by Crippen LogP contribution is -2.47. The van der Waals surface area contributed by atoms with Crippen LogP contribution in [0.3, 0.4) is 0 Å². The van der Waals surface area contributed by atoms with Crippen molar-refractivity contribution in [2.24, 2.45) is 10.9 Å². The van der Waals surface area contributed by atoms with E-state index in [0.717, 1.165) is 13.2 Å². The first-order valence-electron chi connectivity index (χ1n) is 12.7. The van der Waals surface area contributed by atoms with E-state index in [4.69, 9.17) is 16.3 Å². The summed E-state index contributed by atoms with van der Waals surface area (Å²) in [6.07, 6.45) is 1.89. The summed E-state index contributed by atoms with van der Waals surface area (Å²) in [5, 5.41) is 13.9. The fourth-order valence-electron chi connectivity index (χ4n) is 5.76. The molecular formula is C26H26ClF4N5O4S. The van der Waals surface area contributed by atoms with E-state index in [-0.39, 0.29) is 42.3 Å². The number of fused-ring (bicyclic) bond motifs is 1. The number of esters is 1. The fourth-order valence-corrected chi connectivity index (χ4v) is 6.60. The topological polar surface area (TPSA) is 107 Å². The van der Waals surface area contributed by atoms with Gasteiger partial charge in [-0.1, -0.05) is 24.6 Å². The van der Waals surface area contributed by atoms with Gasteiger partial charge in [0.25, 0.3) is 5.92 Å². The summed E-state index contributed by atoms with van der Waals surface area (Å²) in [5.74, 6) is -8.22. The highest BCUT2D eigenvalue weighted by molar-refractivity contribution is 7.11. The van der Waals surface area contributed by atoms with Crippen LogP contribution in [0.4, 0.5) is 17.6 Å². The third kappa shape index (κ3) is 5.45. The lowest BCUT2D eigenvalue weighted by atomic mass is 9.95. The number of hydrogen-bond acceptors (Lipinski definition) is 9. The molecule has 0 saturated carbocycles. The molecule has 4 atom stereocenters. The lowest BCUT2D eigenvalue weighted by Gasteiger charge is -2.31. The molecule has 41 heavy (non-hydrogen) atoms. The number of amidine groups is 1. The van der Waals surface area contributed by atoms with Gasteiger partial charge in [0.2, 0.25) is 0 Å². The summed E-state index contributed by atoms with van der Waals surface area (Å²) in [6, 6.07) is -1.03. The van der Waals surface area contributed by atoms with Crippen molar-refractivity contribution in [2.75, 3.05) is 33.3 Å². The number of carbonyl (C=O) groups is 2. The van der Waals surface area contributed by atoms with Crippen molar-refractivity contribution in [2.45, 2.75) is 37.4 Å². The molecule has 2 fully saturated rings. The van der Waals surface area contributed by atoms with E-state index in [1.165, 1.54) is 40.3 Å². The van der Waals surface area contributed by atoms with Gasteiger partial charge >= 0.3 is 11.9 Å². The number of nitrogens with zero attached hydrogens (tertiary/aromatic N) is 4. The van der Waals surface area contributed by atoms with Gasteiger partial charge in [-0.05, 0) is 12.5 Å². The summed E-state index contributed by atoms with van der Waals surface area (Å²) in [7, 11) is 1.13. The number of aliphatic imine (C=N–C) groups is 1. The van der Waals surface area contributed by atoms with Crippen molar-refractivity contribution in [3.63, 3.8) is 0 Å². The maximum atomic E-state index is 15.4. The molecule has 15 heteroatoms. The molecule has 2 saturated heterocycles. The van der Waals surface area contributed by atoms with Gasteiger partial charge in [-0.15, -0.1) is 11.3 Å². The van der Waals surface area contributed by atoms with Crippen molar-refractivity contribution >= 4 is 40.7 Å². The van der Waals surface area contributed by atoms with E-state index in [2.05, 4.69) is 15.3 Å². The number of rotatable bonds is 8. The summed E-state index contributed by atoms with van der Waals surface area (Å²) in [5.41, 5.74) is 0.0665. The average molecular weight is 616 g/mol. The molecule has 0 aliphatic carbocycles. The van der Waals surface area contributed by atoms with Crippen LogP contribution in [-0.4, -0.2) is 89.0 Å². The minimum Gasteiger partial charge on any atom is -0.481 e. The molecule has 0 amide bonds. The summed E-state index contributed by atoms with van der Waals surface area (Å²) >= 11 is 7.40. The molecule has 9 nitrogen and oxygen atoms in total. The predicted molar refractivity (Wildman–Crippen MR) is 142 cm³/mol. The zero-order valence-electron chi connectivity index (χ0n) is 21.9. The predicted octanol–water partition coefficient (Wildman–Crippen LogP) is 3.71. The van der Waals surface area contributed by atoms with Crippen LogP contribution >= 0.6 is 22.9 Å². The Morgan fingerprint density at radius 1 is 1.32 bits per heavy atom. The zero-order chi connectivity index (χ0) is 29.6. The molecule has 220 valence electrons. The number of nitrogens with one attached hydrogen (secondary N) is 1. The molecule has 3 aliphatic rings. The monoisotopic (exact) mass is 615 g/mol. The molecule has 4 heterocycles. The van der Waals surface area contributed by atoms with Gasteiger partial charge in [0.1, 0.15) is 6.04 Å². The Labute approximate surface area is 241 Å². The molecule has 1 aromatic carbocycles. The Morgan fingerprint density at radius 2 is 2.07 bits per heavy atom. The second-order valence-electron chi connectivity index (χ2n) is 10.2. The maximum Gasteiger partial charge on any atom is 0.338 e. The van der Waals surface area contributed by atoms with Crippen LogP contribution in [0.15, 0.2) is 40.0 Å². The summed E-state index contributed by atoms with van der Waals surface area (Å²) < 4.78 is 64.3. The second-order valence-corrected chi connectivity index (χ2v) is 11.5. The molecule has 1 aromatic heterocycles. The number of carbonyl (C=O) groups excluding carboxylic acids is 1. The van der Waals surface area contributed by atoms with Crippen LogP contribution in [0.1, 0.15) is 30.0 Å². The zero-order valence-corrected chi connectivity index (χ0v) is 23.5. The number of methoxy groups -OCH3 is 1. The quantitative estimate of drug-likeness (QED) is 0.263. The molecular weight excluding hydrogens is 590 g/mol. The number of benzene rings is 1. The minimum absolute atomic E-state index is 0.0154. The third-order valence-electron chi connectivity index (χ3n) is 7.60. The lowest BCUT2D eigenvalue weighted by molar-refractivity contribution is -0.142. The Hall–Kier alpha value is -3.07. The van der Waals surface area contributed by atoms with E-state index >= 15 is 8.78 Å². The van der Waals surface area contributed by atoms with Crippen LogP contribution in [0, 0.1) is 17.6 Å². The van der Waals surface area contributed by atoms with Crippen LogP contribution in [0.25, 0.3) is 0 Å². The van der Waals surface area contributed by atoms with Crippen LogP contribution in [0.5, 0.6) is 0 Å². The van der Waals surface area contributed by atoms with Gasteiger partial charge in [0, 0.05) is 48.5 Å². The number of carboxylic acid groups (broad SMARTS) is 1. The smallest absolute Gasteiger partial charge is 0.338 e. The molecule has 0 bridgehead atoms. The molecule has 2 N–H and O–H groups in total. The normalized spacial score (nSPS) is 25.0. The summed E-state index contributed by atoms with van der Waals surface area (Å²) in [6.45, 7) is 0.940. The molecule has 0 spiro atoms. The fraction of sp³-hybridized carbons (Fsp3) is 0.462. The standard InChI is InChI=1S/C26H26ClF4N5O4S/c1-12(24(37)38)9-35-7-5-16-21(35)26(30,31)11-36(16)10-15-17(25(39)40-2)20(13-3-4-14(28)19(29)18(13)27)34-22(33-15)23-32-6-8-41-23/h3-4,6,8,12,16,20-21H,5,7,9-11H2,1-2H3,(H,33,34)(H,37,38)/t12-,16+,20+,21-/m1/s1. The van der Waals surface area contributed by atoms with Gasteiger partial charge in [0.15, 0.2) is 22.5 Å². The van der Waals surface area contributed by atoms with E-state index in [9.17, 15) is 23.5 Å². The Bertz CT molecular complexity index is 1420. The highest BCUT2D eigenvalue weighted by Gasteiger charge is 2.59. The first-order valence-corrected chi connectivity index (χ1v) is 14.0. The van der Waals surface area contributed by atoms with Gasteiger partial charge in [-0.2, -0.15) is 0 Å². The molecule has 2 aromatic rings. The molecule has 3 aliphatic heterocycles. The van der Waals surface area contributed by atoms with E-state index in [1.807, 2.05) is 0 Å². The van der Waals surface area contributed by atoms with Crippen molar-refractivity contribution < 1.29 is 37.0 Å². The Balaban J connectivity index is 1.55. The van der Waals surface area contributed by atoms with Crippen LogP contribution < -0.4 is 5.32 Å². The number of carboxylic acids is 1. The number of ether oxygens (including phenoxy) is 1. The Kier molecular flexibility index (Phi) is 8.12. The first kappa shape index (κ1) is 29.4. The second kappa shape index (κ2) is 11.3. The van der Waals surface area contributed by atoms with Crippen molar-refractivity contribution in [1.82, 2.24) is 20.1 Å². The first-order chi connectivity index (χ1) is 19.4. The van der Waals surface area contributed by atoms with E-state index in [0.29, 0.717) is 11.4 Å². The number of thiazole rings is 1. The molecule has 0 radical (unpaired) electrons. The number of aliphatic carboxylic acids is 1. The molecule has 0 unspecified atom stereocenters. The maximum absolute atomic E-state index is 15.4. The van der Waals surface area contributed by atoms with E-state index in [1.54, 1.807) is 5.38 Å². The van der Waals surface area contributed by atoms with Crippen molar-refractivity contribution in [3.05, 3.63) is 62.2 Å². The van der Waals surface area contributed by atoms with Gasteiger partial charge in [-0.3, -0.25) is 19.6 Å².